The summed E-state index contributed by atoms with van der Waals surface area (Å²) in [7, 11) is 0. The summed E-state index contributed by atoms with van der Waals surface area (Å²) >= 11 is 0. The Morgan fingerprint density at radius 3 is 1.91 bits per heavy atom. The highest BCUT2D eigenvalue weighted by Crippen LogP contribution is 2.45. The highest BCUT2D eigenvalue weighted by Gasteiger charge is 2.44. The molecule has 3 amide bonds. The Bertz CT molecular complexity index is 1270. The number of rotatable bonds is 18. The maximum absolute atomic E-state index is 13.8. The molecule has 1 saturated heterocycles. The maximum Gasteiger partial charge on any atom is 0.239 e. The molecule has 1 aliphatic rings. The Balaban J connectivity index is 1.26. The summed E-state index contributed by atoms with van der Waals surface area (Å²) in [4.78, 5) is 41.6. The van der Waals surface area contributed by atoms with E-state index in [2.05, 4.69) is 64.2 Å². The maximum atomic E-state index is 13.8. The number of unbranched alkanes of at least 4 members (excludes halogenated alkanes) is 4. The lowest BCUT2D eigenvalue weighted by Gasteiger charge is -2.40. The van der Waals surface area contributed by atoms with E-state index in [1.54, 1.807) is 0 Å². The molecule has 2 atom stereocenters. The Morgan fingerprint density at radius 1 is 0.766 bits per heavy atom. The standard InChI is InChI=1S/C40H54N4O3/c1-3-4-5-6-16-27-44-28-17-18-33(31-44)29-42-37(45)25-26-41-38(46)30-43-39(47)32(2)40(34-19-10-7-11-20-34,35-21-12-8-13-22-35)36-23-14-9-15-24-36/h7-15,19-24,32-33H,3-6,16-18,25-31H2,1-2H3,(H,41,46)(H,42,45)(H,43,47). The van der Waals surface area contributed by atoms with E-state index in [4.69, 9.17) is 0 Å². The Kier molecular flexibility index (Phi) is 14.5. The molecule has 47 heavy (non-hydrogen) atoms. The van der Waals surface area contributed by atoms with E-state index >= 15 is 0 Å². The summed E-state index contributed by atoms with van der Waals surface area (Å²) in [6.07, 6.45) is 9.00. The van der Waals surface area contributed by atoms with Crippen LogP contribution in [0.1, 0.15) is 81.9 Å². The van der Waals surface area contributed by atoms with E-state index in [-0.39, 0.29) is 37.2 Å². The molecule has 0 bridgehead atoms. The van der Waals surface area contributed by atoms with Crippen molar-refractivity contribution in [1.29, 1.82) is 0 Å². The van der Waals surface area contributed by atoms with Gasteiger partial charge in [0.2, 0.25) is 17.7 Å². The van der Waals surface area contributed by atoms with Crippen molar-refractivity contribution in [3.63, 3.8) is 0 Å². The molecule has 0 aliphatic carbocycles. The van der Waals surface area contributed by atoms with Gasteiger partial charge in [-0.05, 0) is 55.0 Å². The molecule has 2 unspecified atom stereocenters. The van der Waals surface area contributed by atoms with Crippen LogP contribution in [0.25, 0.3) is 0 Å². The fraction of sp³-hybridized carbons (Fsp3) is 0.475. The van der Waals surface area contributed by atoms with Gasteiger partial charge in [-0.25, -0.2) is 0 Å². The normalized spacial score (nSPS) is 15.8. The summed E-state index contributed by atoms with van der Waals surface area (Å²) in [6, 6.07) is 30.2. The molecule has 4 rings (SSSR count). The second-order valence-corrected chi connectivity index (χ2v) is 13.0. The van der Waals surface area contributed by atoms with Gasteiger partial charge in [0, 0.05) is 26.1 Å². The number of benzene rings is 3. The molecule has 1 aliphatic heterocycles. The quantitative estimate of drug-likeness (QED) is 0.116. The van der Waals surface area contributed by atoms with E-state index < -0.39 is 11.3 Å². The van der Waals surface area contributed by atoms with Gasteiger partial charge in [-0.1, -0.05) is 131 Å². The number of nitrogens with zero attached hydrogens (tertiary/aromatic N) is 1. The summed E-state index contributed by atoms with van der Waals surface area (Å²) in [6.45, 7) is 8.27. The van der Waals surface area contributed by atoms with Crippen molar-refractivity contribution in [2.45, 2.75) is 70.6 Å². The minimum atomic E-state index is -0.771. The zero-order valence-corrected chi connectivity index (χ0v) is 28.4. The predicted octanol–water partition coefficient (Wildman–Crippen LogP) is 6.08. The van der Waals surface area contributed by atoms with Crippen LogP contribution in [0.5, 0.6) is 0 Å². The highest BCUT2D eigenvalue weighted by atomic mass is 16.2. The molecular formula is C40H54N4O3. The Morgan fingerprint density at radius 2 is 1.34 bits per heavy atom. The van der Waals surface area contributed by atoms with Crippen LogP contribution in [0.4, 0.5) is 0 Å². The zero-order valence-electron chi connectivity index (χ0n) is 28.4. The molecular weight excluding hydrogens is 584 g/mol. The number of amides is 3. The molecule has 3 aromatic carbocycles. The molecule has 1 heterocycles. The number of carbonyl (C=O) groups is 3. The molecule has 0 radical (unpaired) electrons. The van der Waals surface area contributed by atoms with Gasteiger partial charge in [0.05, 0.1) is 17.9 Å². The van der Waals surface area contributed by atoms with Crippen LogP contribution >= 0.6 is 0 Å². The average Bonchev–Trinajstić information content (AvgIpc) is 3.11. The fourth-order valence-electron chi connectivity index (χ4n) is 7.05. The van der Waals surface area contributed by atoms with Crippen molar-refractivity contribution < 1.29 is 14.4 Å². The lowest BCUT2D eigenvalue weighted by Crippen LogP contribution is -2.47. The number of carbonyl (C=O) groups excluding carboxylic acids is 3. The van der Waals surface area contributed by atoms with Crippen LogP contribution in [0.2, 0.25) is 0 Å². The number of nitrogens with one attached hydrogen (secondary N) is 3. The number of hydrogen-bond donors (Lipinski definition) is 3. The molecule has 252 valence electrons. The van der Waals surface area contributed by atoms with E-state index in [1.165, 1.54) is 38.5 Å². The first-order chi connectivity index (χ1) is 22.9. The first-order valence-electron chi connectivity index (χ1n) is 17.6. The zero-order chi connectivity index (χ0) is 33.3. The first-order valence-corrected chi connectivity index (χ1v) is 17.6. The molecule has 3 N–H and O–H groups in total. The van der Waals surface area contributed by atoms with Crippen molar-refractivity contribution in [2.24, 2.45) is 11.8 Å². The molecule has 0 saturated carbocycles. The SMILES string of the molecule is CCCCCCCN1CCCC(CNC(=O)CCNC(=O)CNC(=O)C(C)C(c2ccccc2)(c2ccccc2)c2ccccc2)C1. The van der Waals surface area contributed by atoms with E-state index in [0.717, 1.165) is 42.7 Å². The third-order valence-corrected chi connectivity index (χ3v) is 9.60. The van der Waals surface area contributed by atoms with E-state index in [1.807, 2.05) is 61.5 Å². The minimum absolute atomic E-state index is 0.0574. The van der Waals surface area contributed by atoms with Crippen LogP contribution in [0, 0.1) is 11.8 Å². The van der Waals surface area contributed by atoms with Crippen LogP contribution < -0.4 is 16.0 Å². The van der Waals surface area contributed by atoms with Gasteiger partial charge in [0.1, 0.15) is 0 Å². The van der Waals surface area contributed by atoms with Crippen molar-refractivity contribution in [1.82, 2.24) is 20.9 Å². The second kappa shape index (κ2) is 19.0. The molecule has 7 nitrogen and oxygen atoms in total. The summed E-state index contributed by atoms with van der Waals surface area (Å²) in [5.41, 5.74) is 2.23. The fourth-order valence-corrected chi connectivity index (χ4v) is 7.05. The van der Waals surface area contributed by atoms with E-state index in [0.29, 0.717) is 12.5 Å². The monoisotopic (exact) mass is 638 g/mol. The Hall–Kier alpha value is -3.97. The number of piperidine rings is 1. The minimum Gasteiger partial charge on any atom is -0.356 e. The van der Waals surface area contributed by atoms with Crippen LogP contribution in [-0.4, -0.2) is 61.9 Å². The topological polar surface area (TPSA) is 90.5 Å². The van der Waals surface area contributed by atoms with Gasteiger partial charge in [0.15, 0.2) is 0 Å². The van der Waals surface area contributed by atoms with Crippen molar-refractivity contribution in [3.05, 3.63) is 108 Å². The highest BCUT2D eigenvalue weighted by molar-refractivity contribution is 5.88. The molecule has 0 aromatic heterocycles. The van der Waals surface area contributed by atoms with Gasteiger partial charge in [0.25, 0.3) is 0 Å². The lowest BCUT2D eigenvalue weighted by molar-refractivity contribution is -0.129. The molecule has 7 heteroatoms. The lowest BCUT2D eigenvalue weighted by atomic mass is 9.62. The van der Waals surface area contributed by atoms with Gasteiger partial charge < -0.3 is 20.9 Å². The summed E-state index contributed by atoms with van der Waals surface area (Å²) < 4.78 is 0. The summed E-state index contributed by atoms with van der Waals surface area (Å²) in [5.74, 6) is -0.658. The van der Waals surface area contributed by atoms with Crippen molar-refractivity contribution in [2.75, 3.05) is 39.3 Å². The predicted molar refractivity (Wildman–Crippen MR) is 190 cm³/mol. The third kappa shape index (κ3) is 10.3. The van der Waals surface area contributed by atoms with Gasteiger partial charge in [-0.2, -0.15) is 0 Å². The summed E-state index contributed by atoms with van der Waals surface area (Å²) in [5, 5.41) is 8.75. The second-order valence-electron chi connectivity index (χ2n) is 13.0. The molecule has 0 spiro atoms. The van der Waals surface area contributed by atoms with Crippen LogP contribution in [0.3, 0.4) is 0 Å². The first kappa shape index (κ1) is 35.9. The smallest absolute Gasteiger partial charge is 0.239 e. The van der Waals surface area contributed by atoms with Gasteiger partial charge in [-0.15, -0.1) is 0 Å². The van der Waals surface area contributed by atoms with Crippen molar-refractivity contribution >= 4 is 17.7 Å². The van der Waals surface area contributed by atoms with Crippen LogP contribution in [0.15, 0.2) is 91.0 Å². The Labute approximate surface area is 281 Å². The molecule has 3 aromatic rings. The van der Waals surface area contributed by atoms with Gasteiger partial charge in [-0.3, -0.25) is 14.4 Å². The average molecular weight is 639 g/mol. The van der Waals surface area contributed by atoms with Crippen LogP contribution in [-0.2, 0) is 19.8 Å². The van der Waals surface area contributed by atoms with Gasteiger partial charge >= 0.3 is 0 Å². The number of likely N-dealkylation sites (tertiary alicyclic amines) is 1. The number of hydrogen-bond acceptors (Lipinski definition) is 4. The molecule has 1 fully saturated rings. The third-order valence-electron chi connectivity index (χ3n) is 9.60. The van der Waals surface area contributed by atoms with E-state index in [9.17, 15) is 14.4 Å². The van der Waals surface area contributed by atoms with Crippen molar-refractivity contribution in [3.8, 4) is 0 Å². The largest absolute Gasteiger partial charge is 0.356 e.